The van der Waals surface area contributed by atoms with Gasteiger partial charge >= 0.3 is 0 Å². The molecule has 33 heavy (non-hydrogen) atoms. The van der Waals surface area contributed by atoms with E-state index >= 15 is 4.39 Å². The molecule has 0 saturated carbocycles. The number of hydrogen-bond donors (Lipinski definition) is 0. The van der Waals surface area contributed by atoms with Gasteiger partial charge in [0.15, 0.2) is 0 Å². The molecule has 3 aromatic heterocycles. The van der Waals surface area contributed by atoms with Crippen LogP contribution in [0.15, 0.2) is 58.8 Å². The molecule has 1 saturated heterocycles. The maximum Gasteiger partial charge on any atom is 0.251 e. The molecule has 0 aliphatic carbocycles. The second kappa shape index (κ2) is 9.50. The minimum atomic E-state index is -0.436. The number of terminal acetylenes is 1. The third kappa shape index (κ3) is 4.78. The van der Waals surface area contributed by atoms with Gasteiger partial charge in [0.25, 0.3) is 5.56 Å². The Hall–Kier alpha value is -3.59. The first-order valence-electron chi connectivity index (χ1n) is 11.3. The molecule has 0 amide bonds. The van der Waals surface area contributed by atoms with Crippen LogP contribution in [-0.4, -0.2) is 27.2 Å². The molecule has 0 N–H and O–H groups in total. The third-order valence-electron chi connectivity index (χ3n) is 6.09. The minimum Gasteiger partial charge on any atom is -0.370 e. The molecule has 3 aromatic rings. The number of aryl methyl sites for hydroxylation is 1. The Bertz CT molecular complexity index is 1350. The zero-order chi connectivity index (χ0) is 23.5. The van der Waals surface area contributed by atoms with E-state index in [2.05, 4.69) is 21.9 Å². The largest absolute Gasteiger partial charge is 0.370 e. The maximum atomic E-state index is 15.3. The number of anilines is 1. The van der Waals surface area contributed by atoms with E-state index in [0.29, 0.717) is 17.7 Å². The number of pyridine rings is 2. The number of rotatable bonds is 5. The highest BCUT2D eigenvalue weighted by atomic mass is 19.1. The number of aromatic nitrogens is 3. The first-order chi connectivity index (χ1) is 15.9. The zero-order valence-corrected chi connectivity index (χ0v) is 19.4. The molecule has 1 fully saturated rings. The van der Waals surface area contributed by atoms with Crippen LogP contribution in [0, 0.1) is 18.2 Å². The minimum absolute atomic E-state index is 0.255. The number of fused-ring (bicyclic) bond motifs is 1. The summed E-state index contributed by atoms with van der Waals surface area (Å²) in [5.41, 5.74) is 4.35. The van der Waals surface area contributed by atoms with Crippen molar-refractivity contribution in [2.24, 2.45) is 7.05 Å². The van der Waals surface area contributed by atoms with E-state index in [9.17, 15) is 4.79 Å². The van der Waals surface area contributed by atoms with Crippen molar-refractivity contribution in [3.63, 3.8) is 0 Å². The van der Waals surface area contributed by atoms with Crippen LogP contribution >= 0.6 is 0 Å². The normalized spacial score (nSPS) is 15.2. The van der Waals surface area contributed by atoms with E-state index in [-0.39, 0.29) is 5.56 Å². The van der Waals surface area contributed by atoms with Crippen molar-refractivity contribution in [2.45, 2.75) is 39.7 Å². The van der Waals surface area contributed by atoms with E-state index in [1.807, 2.05) is 43.9 Å². The molecule has 0 bridgehead atoms. The maximum absolute atomic E-state index is 15.3. The van der Waals surface area contributed by atoms with Crippen LogP contribution in [0.3, 0.4) is 0 Å². The lowest BCUT2D eigenvalue weighted by molar-refractivity contribution is 0.577. The molecule has 0 radical (unpaired) electrons. The molecule has 0 atom stereocenters. The molecule has 6 heteroatoms. The Kier molecular flexibility index (Phi) is 6.50. The third-order valence-corrected chi connectivity index (χ3v) is 6.09. The molecule has 4 rings (SSSR count). The smallest absolute Gasteiger partial charge is 0.251 e. The van der Waals surface area contributed by atoms with Gasteiger partial charge in [0.1, 0.15) is 11.5 Å². The SMILES string of the molecule is C#C/C=C(C)\C=C(/C)Cn1cc(F)c(-c2cn(C)c3ncc(N4CCCCC4)cc23)cc1=O. The molecule has 0 spiro atoms. The summed E-state index contributed by atoms with van der Waals surface area (Å²) in [6, 6.07) is 3.45. The molecule has 170 valence electrons. The Morgan fingerprint density at radius 2 is 1.94 bits per heavy atom. The summed E-state index contributed by atoms with van der Waals surface area (Å²) in [6.45, 7) is 6.08. The quantitative estimate of drug-likeness (QED) is 0.408. The van der Waals surface area contributed by atoms with Gasteiger partial charge in [-0.1, -0.05) is 17.6 Å². The topological polar surface area (TPSA) is 43.1 Å². The van der Waals surface area contributed by atoms with Crippen LogP contribution in [0.1, 0.15) is 33.1 Å². The monoisotopic (exact) mass is 444 g/mol. The van der Waals surface area contributed by atoms with Gasteiger partial charge in [-0.2, -0.15) is 0 Å². The fourth-order valence-electron chi connectivity index (χ4n) is 4.54. The van der Waals surface area contributed by atoms with Crippen LogP contribution in [0.5, 0.6) is 0 Å². The fraction of sp³-hybridized carbons (Fsp3) is 0.333. The van der Waals surface area contributed by atoms with E-state index < -0.39 is 5.82 Å². The Morgan fingerprint density at radius 3 is 2.67 bits per heavy atom. The van der Waals surface area contributed by atoms with E-state index in [4.69, 9.17) is 6.42 Å². The van der Waals surface area contributed by atoms with Crippen molar-refractivity contribution >= 4 is 16.7 Å². The van der Waals surface area contributed by atoms with Crippen molar-refractivity contribution in [1.82, 2.24) is 14.1 Å². The number of halogens is 1. The van der Waals surface area contributed by atoms with Crippen molar-refractivity contribution in [3.8, 4) is 23.5 Å². The van der Waals surface area contributed by atoms with E-state index in [1.54, 1.807) is 6.08 Å². The van der Waals surface area contributed by atoms with Crippen LogP contribution in [-0.2, 0) is 13.6 Å². The number of allylic oxidation sites excluding steroid dienone is 4. The number of piperidine rings is 1. The lowest BCUT2D eigenvalue weighted by Crippen LogP contribution is -2.29. The predicted octanol–water partition coefficient (Wildman–Crippen LogP) is 5.06. The molecule has 1 aliphatic heterocycles. The average Bonchev–Trinajstić information content (AvgIpc) is 3.12. The summed E-state index contributed by atoms with van der Waals surface area (Å²) in [4.78, 5) is 19.8. The highest BCUT2D eigenvalue weighted by Crippen LogP contribution is 2.33. The highest BCUT2D eigenvalue weighted by Gasteiger charge is 2.18. The molecule has 5 nitrogen and oxygen atoms in total. The lowest BCUT2D eigenvalue weighted by Gasteiger charge is -2.28. The first-order valence-corrected chi connectivity index (χ1v) is 11.3. The average molecular weight is 445 g/mol. The predicted molar refractivity (Wildman–Crippen MR) is 133 cm³/mol. The summed E-state index contributed by atoms with van der Waals surface area (Å²) in [6.07, 6.45) is 17.5. The summed E-state index contributed by atoms with van der Waals surface area (Å²) < 4.78 is 18.5. The van der Waals surface area contributed by atoms with Crippen LogP contribution in [0.25, 0.3) is 22.2 Å². The van der Waals surface area contributed by atoms with Gasteiger partial charge in [-0.15, -0.1) is 6.42 Å². The zero-order valence-electron chi connectivity index (χ0n) is 19.4. The summed E-state index contributed by atoms with van der Waals surface area (Å²) in [5.74, 6) is 2.04. The summed E-state index contributed by atoms with van der Waals surface area (Å²) in [7, 11) is 1.89. The molecule has 1 aliphatic rings. The second-order valence-corrected chi connectivity index (χ2v) is 8.81. The van der Waals surface area contributed by atoms with E-state index in [1.165, 1.54) is 36.1 Å². The molecular weight excluding hydrogens is 415 g/mol. The molecule has 0 aromatic carbocycles. The molecule has 0 unspecified atom stereocenters. The van der Waals surface area contributed by atoms with Gasteiger partial charge in [-0.3, -0.25) is 4.79 Å². The van der Waals surface area contributed by atoms with Crippen molar-refractivity contribution in [1.29, 1.82) is 0 Å². The molecular formula is C27H29FN4O. The van der Waals surface area contributed by atoms with Gasteiger partial charge in [0.05, 0.1) is 11.9 Å². The van der Waals surface area contributed by atoms with Gasteiger partial charge in [0.2, 0.25) is 0 Å². The van der Waals surface area contributed by atoms with Crippen molar-refractivity contribution in [3.05, 3.63) is 70.2 Å². The van der Waals surface area contributed by atoms with Gasteiger partial charge in [-0.05, 0) is 50.8 Å². The van der Waals surface area contributed by atoms with Gasteiger partial charge in [-0.25, -0.2) is 9.37 Å². The van der Waals surface area contributed by atoms with E-state index in [0.717, 1.165) is 41.0 Å². The fourth-order valence-corrected chi connectivity index (χ4v) is 4.54. The lowest BCUT2D eigenvalue weighted by atomic mass is 10.1. The standard InChI is InChI=1S/C27H29FN4O/c1-5-9-19(2)12-20(3)16-32-18-25(28)22(14-26(32)33)24-17-30(4)27-23(24)13-21(15-29-27)31-10-7-6-8-11-31/h1,9,12-15,17-18H,6-8,10-11,16H2,2-4H3/b19-9-,20-12+. The van der Waals surface area contributed by atoms with Crippen molar-refractivity contribution in [2.75, 3.05) is 18.0 Å². The van der Waals surface area contributed by atoms with Crippen LogP contribution in [0.2, 0.25) is 0 Å². The Morgan fingerprint density at radius 1 is 1.18 bits per heavy atom. The van der Waals surface area contributed by atoms with Crippen LogP contribution < -0.4 is 10.5 Å². The van der Waals surface area contributed by atoms with Crippen LogP contribution in [0.4, 0.5) is 10.1 Å². The van der Waals surface area contributed by atoms with Gasteiger partial charge < -0.3 is 14.0 Å². The molecule has 4 heterocycles. The van der Waals surface area contributed by atoms with Gasteiger partial charge in [0, 0.05) is 61.7 Å². The summed E-state index contributed by atoms with van der Waals surface area (Å²) in [5, 5.41) is 0.850. The number of nitrogens with zero attached hydrogens (tertiary/aromatic N) is 4. The summed E-state index contributed by atoms with van der Waals surface area (Å²) >= 11 is 0. The Balaban J connectivity index is 1.72. The number of hydrogen-bond acceptors (Lipinski definition) is 3. The first kappa shape index (κ1) is 22.6. The second-order valence-electron chi connectivity index (χ2n) is 8.81. The highest BCUT2D eigenvalue weighted by molar-refractivity contribution is 5.95. The van der Waals surface area contributed by atoms with Crippen molar-refractivity contribution < 1.29 is 4.39 Å². The Labute approximate surface area is 193 Å².